The molecule has 0 saturated carbocycles. The maximum absolute atomic E-state index is 9.44. The lowest BCUT2D eigenvalue weighted by Crippen LogP contribution is -1.98. The van der Waals surface area contributed by atoms with Crippen LogP contribution in [0.4, 0.5) is 0 Å². The quantitative estimate of drug-likeness (QED) is 0.606. The molecular formula is C9H10O2. The third kappa shape index (κ3) is 0.906. The maximum atomic E-state index is 9.44. The van der Waals surface area contributed by atoms with E-state index < -0.39 is 6.10 Å². The van der Waals surface area contributed by atoms with Gasteiger partial charge in [-0.2, -0.15) is 0 Å². The zero-order valence-corrected chi connectivity index (χ0v) is 6.37. The van der Waals surface area contributed by atoms with Gasteiger partial charge in [0.1, 0.15) is 18.5 Å². The minimum absolute atomic E-state index is 0.403. The number of hydrogen-bond donors (Lipinski definition) is 1. The van der Waals surface area contributed by atoms with Crippen LogP contribution in [0.2, 0.25) is 0 Å². The third-order valence-corrected chi connectivity index (χ3v) is 2.01. The minimum Gasteiger partial charge on any atom is -0.490 e. The van der Waals surface area contributed by atoms with Crippen LogP contribution in [0, 0.1) is 6.92 Å². The fraction of sp³-hybridized carbons (Fsp3) is 0.333. The number of hydrogen-bond acceptors (Lipinski definition) is 2. The summed E-state index contributed by atoms with van der Waals surface area (Å²) in [4.78, 5) is 0. The minimum atomic E-state index is -0.425. The zero-order chi connectivity index (χ0) is 7.84. The number of aliphatic hydroxyl groups is 1. The number of rotatable bonds is 0. The molecule has 2 heteroatoms. The first-order valence-corrected chi connectivity index (χ1v) is 3.69. The number of ether oxygens (including phenoxy) is 1. The van der Waals surface area contributed by atoms with Gasteiger partial charge >= 0.3 is 0 Å². The highest BCUT2D eigenvalue weighted by atomic mass is 16.5. The Bertz CT molecular complexity index is 281. The molecule has 0 fully saturated rings. The molecule has 0 aromatic heterocycles. The summed E-state index contributed by atoms with van der Waals surface area (Å²) in [5, 5.41) is 9.44. The van der Waals surface area contributed by atoms with E-state index in [0.29, 0.717) is 6.61 Å². The highest BCUT2D eigenvalue weighted by Gasteiger charge is 2.22. The average Bonchev–Trinajstić information content (AvgIpc) is 2.34. The lowest BCUT2D eigenvalue weighted by molar-refractivity contribution is 0.140. The first-order chi connectivity index (χ1) is 5.29. The second-order valence-electron chi connectivity index (χ2n) is 2.81. The molecule has 0 aliphatic carbocycles. The van der Waals surface area contributed by atoms with Crippen molar-refractivity contribution in [3.8, 4) is 5.75 Å². The fourth-order valence-electron chi connectivity index (χ4n) is 1.46. The van der Waals surface area contributed by atoms with Crippen LogP contribution < -0.4 is 4.74 Å². The van der Waals surface area contributed by atoms with Crippen LogP contribution in [-0.4, -0.2) is 11.7 Å². The molecule has 0 bridgehead atoms. The van der Waals surface area contributed by atoms with E-state index in [1.54, 1.807) is 0 Å². The van der Waals surface area contributed by atoms with Gasteiger partial charge in [-0.1, -0.05) is 12.1 Å². The van der Waals surface area contributed by atoms with Gasteiger partial charge in [-0.05, 0) is 18.6 Å². The lowest BCUT2D eigenvalue weighted by Gasteiger charge is -2.02. The van der Waals surface area contributed by atoms with Crippen molar-refractivity contribution in [3.63, 3.8) is 0 Å². The van der Waals surface area contributed by atoms with E-state index in [-0.39, 0.29) is 0 Å². The van der Waals surface area contributed by atoms with E-state index in [1.807, 2.05) is 25.1 Å². The van der Waals surface area contributed by atoms with Crippen LogP contribution in [0.25, 0.3) is 0 Å². The summed E-state index contributed by atoms with van der Waals surface area (Å²) in [6.45, 7) is 2.39. The molecule has 1 aliphatic heterocycles. The molecule has 1 aromatic rings. The standard InChI is InChI=1S/C9H10O2/c1-6-3-2-4-8-9(6)7(10)5-11-8/h2-4,7,10H,5H2,1H3. The van der Waals surface area contributed by atoms with E-state index in [0.717, 1.165) is 16.9 Å². The van der Waals surface area contributed by atoms with Crippen molar-refractivity contribution < 1.29 is 9.84 Å². The van der Waals surface area contributed by atoms with Crippen molar-refractivity contribution in [1.29, 1.82) is 0 Å². The van der Waals surface area contributed by atoms with Gasteiger partial charge < -0.3 is 9.84 Å². The van der Waals surface area contributed by atoms with Crippen LogP contribution in [0.1, 0.15) is 17.2 Å². The van der Waals surface area contributed by atoms with Crippen molar-refractivity contribution >= 4 is 0 Å². The van der Waals surface area contributed by atoms with Gasteiger partial charge in [0.25, 0.3) is 0 Å². The summed E-state index contributed by atoms with van der Waals surface area (Å²) >= 11 is 0. The number of fused-ring (bicyclic) bond motifs is 1. The molecule has 0 spiro atoms. The molecule has 1 aromatic carbocycles. The van der Waals surface area contributed by atoms with Gasteiger partial charge in [0, 0.05) is 5.56 Å². The second-order valence-corrected chi connectivity index (χ2v) is 2.81. The van der Waals surface area contributed by atoms with E-state index in [2.05, 4.69) is 0 Å². The van der Waals surface area contributed by atoms with E-state index in [9.17, 15) is 5.11 Å². The van der Waals surface area contributed by atoms with Crippen molar-refractivity contribution in [2.45, 2.75) is 13.0 Å². The Morgan fingerprint density at radius 1 is 1.55 bits per heavy atom. The molecule has 2 rings (SSSR count). The molecule has 1 heterocycles. The summed E-state index contributed by atoms with van der Waals surface area (Å²) in [7, 11) is 0. The topological polar surface area (TPSA) is 29.5 Å². The van der Waals surface area contributed by atoms with Crippen LogP contribution in [0.5, 0.6) is 5.75 Å². The molecule has 0 amide bonds. The van der Waals surface area contributed by atoms with Crippen molar-refractivity contribution in [1.82, 2.24) is 0 Å². The van der Waals surface area contributed by atoms with Crippen LogP contribution in [0.3, 0.4) is 0 Å². The lowest BCUT2D eigenvalue weighted by atomic mass is 10.1. The monoisotopic (exact) mass is 150 g/mol. The Labute approximate surface area is 65.4 Å². The molecule has 2 nitrogen and oxygen atoms in total. The Balaban J connectivity index is 2.58. The predicted octanol–water partition coefficient (Wildman–Crippen LogP) is 1.42. The largest absolute Gasteiger partial charge is 0.490 e. The predicted molar refractivity (Wildman–Crippen MR) is 41.6 cm³/mol. The second kappa shape index (κ2) is 2.24. The molecular weight excluding hydrogens is 140 g/mol. The van der Waals surface area contributed by atoms with Crippen LogP contribution >= 0.6 is 0 Å². The first-order valence-electron chi connectivity index (χ1n) is 3.69. The van der Waals surface area contributed by atoms with Gasteiger partial charge in [0.05, 0.1) is 0 Å². The Kier molecular flexibility index (Phi) is 1.36. The van der Waals surface area contributed by atoms with Crippen LogP contribution in [-0.2, 0) is 0 Å². The molecule has 1 N–H and O–H groups in total. The fourth-order valence-corrected chi connectivity index (χ4v) is 1.46. The first kappa shape index (κ1) is 6.68. The highest BCUT2D eigenvalue weighted by molar-refractivity contribution is 5.43. The molecule has 0 radical (unpaired) electrons. The summed E-state index contributed by atoms with van der Waals surface area (Å²) in [5.41, 5.74) is 2.06. The number of aryl methyl sites for hydroxylation is 1. The average molecular weight is 150 g/mol. The normalized spacial score (nSPS) is 21.1. The van der Waals surface area contributed by atoms with Gasteiger partial charge in [0.15, 0.2) is 0 Å². The smallest absolute Gasteiger partial charge is 0.125 e. The SMILES string of the molecule is Cc1cccc2c1C(O)CO2. The Morgan fingerprint density at radius 3 is 3.09 bits per heavy atom. The van der Waals surface area contributed by atoms with Gasteiger partial charge in [-0.25, -0.2) is 0 Å². The maximum Gasteiger partial charge on any atom is 0.125 e. The summed E-state index contributed by atoms with van der Waals surface area (Å²) < 4.78 is 5.24. The van der Waals surface area contributed by atoms with Crippen molar-refractivity contribution in [3.05, 3.63) is 29.3 Å². The zero-order valence-electron chi connectivity index (χ0n) is 6.37. The highest BCUT2D eigenvalue weighted by Crippen LogP contribution is 2.34. The summed E-state index contributed by atoms with van der Waals surface area (Å²) in [6, 6.07) is 5.81. The Morgan fingerprint density at radius 2 is 2.36 bits per heavy atom. The van der Waals surface area contributed by atoms with Crippen molar-refractivity contribution in [2.24, 2.45) is 0 Å². The molecule has 11 heavy (non-hydrogen) atoms. The van der Waals surface area contributed by atoms with E-state index in [1.165, 1.54) is 0 Å². The van der Waals surface area contributed by atoms with Crippen LogP contribution in [0.15, 0.2) is 18.2 Å². The van der Waals surface area contributed by atoms with E-state index >= 15 is 0 Å². The number of aliphatic hydroxyl groups excluding tert-OH is 1. The Hall–Kier alpha value is -1.02. The van der Waals surface area contributed by atoms with Gasteiger partial charge in [0.2, 0.25) is 0 Å². The third-order valence-electron chi connectivity index (χ3n) is 2.01. The molecule has 58 valence electrons. The van der Waals surface area contributed by atoms with E-state index in [4.69, 9.17) is 4.74 Å². The van der Waals surface area contributed by atoms with Crippen molar-refractivity contribution in [2.75, 3.05) is 6.61 Å². The molecule has 1 aliphatic rings. The molecule has 1 atom stereocenters. The summed E-state index contributed by atoms with van der Waals surface area (Å²) in [6.07, 6.45) is -0.425. The molecule has 1 unspecified atom stereocenters. The van der Waals surface area contributed by atoms with Gasteiger partial charge in [-0.3, -0.25) is 0 Å². The molecule has 0 saturated heterocycles. The number of benzene rings is 1. The van der Waals surface area contributed by atoms with Gasteiger partial charge in [-0.15, -0.1) is 0 Å². The summed E-state index contributed by atoms with van der Waals surface area (Å²) in [5.74, 6) is 0.831.